The SMILES string of the molecule is CC(=O)OC1CC(C)C=C2C=CC(C)C(CCC3CC(O)CC(=O)O3)C21. The molecule has 1 N–H and O–H groups in total. The third kappa shape index (κ3) is 4.37. The van der Waals surface area contributed by atoms with E-state index in [0.29, 0.717) is 24.2 Å². The molecule has 0 saturated carbocycles. The minimum absolute atomic E-state index is 0.0978. The van der Waals surface area contributed by atoms with E-state index < -0.39 is 6.10 Å². The second kappa shape index (κ2) is 7.95. The molecule has 3 aliphatic rings. The Bertz CT molecular complexity index is 608. The van der Waals surface area contributed by atoms with Crippen molar-refractivity contribution >= 4 is 11.9 Å². The standard InChI is InChI=1S/C21H30O5/c1-12-8-15-5-4-13(2)18(21(15)19(9-12)25-14(3)22)7-6-17-10-16(23)11-20(24)26-17/h4-5,8,12-13,16-19,21,23H,6-7,9-11H2,1-3H3. The molecule has 7 atom stereocenters. The minimum atomic E-state index is -0.593. The fraction of sp³-hybridized carbons (Fsp3) is 0.714. The molecule has 5 nitrogen and oxygen atoms in total. The van der Waals surface area contributed by atoms with Crippen molar-refractivity contribution in [2.45, 2.75) is 71.2 Å². The molecule has 0 spiro atoms. The topological polar surface area (TPSA) is 72.8 Å². The van der Waals surface area contributed by atoms with E-state index in [1.54, 1.807) is 0 Å². The molecule has 5 heteroatoms. The molecule has 0 aromatic carbocycles. The summed E-state index contributed by atoms with van der Waals surface area (Å²) in [6.45, 7) is 5.83. The molecular formula is C21H30O5. The lowest BCUT2D eigenvalue weighted by molar-refractivity contribution is -0.161. The van der Waals surface area contributed by atoms with E-state index in [9.17, 15) is 14.7 Å². The van der Waals surface area contributed by atoms with E-state index in [4.69, 9.17) is 9.47 Å². The van der Waals surface area contributed by atoms with Gasteiger partial charge in [-0.1, -0.05) is 32.1 Å². The predicted molar refractivity (Wildman–Crippen MR) is 97.1 cm³/mol. The first kappa shape index (κ1) is 19.2. The van der Waals surface area contributed by atoms with E-state index in [0.717, 1.165) is 19.3 Å². The first-order valence-corrected chi connectivity index (χ1v) is 9.78. The molecule has 0 aromatic rings. The lowest BCUT2D eigenvalue weighted by atomic mass is 9.65. The van der Waals surface area contributed by atoms with Gasteiger partial charge in [-0.25, -0.2) is 0 Å². The summed E-state index contributed by atoms with van der Waals surface area (Å²) in [6, 6.07) is 0. The van der Waals surface area contributed by atoms with E-state index >= 15 is 0 Å². The van der Waals surface area contributed by atoms with Crippen LogP contribution < -0.4 is 0 Å². The smallest absolute Gasteiger partial charge is 0.308 e. The van der Waals surface area contributed by atoms with Crippen LogP contribution in [-0.4, -0.2) is 35.4 Å². The normalized spacial score (nSPS) is 39.6. The van der Waals surface area contributed by atoms with Gasteiger partial charge < -0.3 is 14.6 Å². The zero-order valence-corrected chi connectivity index (χ0v) is 15.9. The molecule has 1 fully saturated rings. The molecular weight excluding hydrogens is 332 g/mol. The largest absolute Gasteiger partial charge is 0.462 e. The minimum Gasteiger partial charge on any atom is -0.462 e. The van der Waals surface area contributed by atoms with Crippen molar-refractivity contribution in [1.82, 2.24) is 0 Å². The third-order valence-corrected chi connectivity index (χ3v) is 5.97. The quantitative estimate of drug-likeness (QED) is 0.778. The summed E-state index contributed by atoms with van der Waals surface area (Å²) in [5.74, 6) is 0.746. The van der Waals surface area contributed by atoms with Gasteiger partial charge in [0.25, 0.3) is 0 Å². The number of aliphatic hydroxyl groups excluding tert-OH is 1. The maximum atomic E-state index is 11.6. The Morgan fingerprint density at radius 3 is 2.77 bits per heavy atom. The van der Waals surface area contributed by atoms with Gasteiger partial charge in [-0.2, -0.15) is 0 Å². The Kier molecular flexibility index (Phi) is 5.86. The van der Waals surface area contributed by atoms with E-state index in [2.05, 4.69) is 32.1 Å². The van der Waals surface area contributed by atoms with E-state index in [-0.39, 0.29) is 36.5 Å². The molecule has 0 aromatic heterocycles. The fourth-order valence-electron chi connectivity index (χ4n) is 4.85. The predicted octanol–water partition coefficient (Wildman–Crippen LogP) is 3.17. The maximum Gasteiger partial charge on any atom is 0.308 e. The Morgan fingerprint density at radius 1 is 1.31 bits per heavy atom. The highest BCUT2D eigenvalue weighted by atomic mass is 16.5. The summed E-state index contributed by atoms with van der Waals surface area (Å²) in [4.78, 5) is 23.2. The van der Waals surface area contributed by atoms with Crippen LogP contribution in [0.2, 0.25) is 0 Å². The van der Waals surface area contributed by atoms with Crippen LogP contribution in [0.3, 0.4) is 0 Å². The van der Waals surface area contributed by atoms with Crippen LogP contribution >= 0.6 is 0 Å². The molecule has 0 bridgehead atoms. The molecule has 2 aliphatic carbocycles. The average molecular weight is 362 g/mol. The molecule has 144 valence electrons. The van der Waals surface area contributed by atoms with Crippen LogP contribution in [0.1, 0.15) is 52.9 Å². The first-order chi connectivity index (χ1) is 12.3. The lowest BCUT2D eigenvalue weighted by Crippen LogP contribution is -2.41. The zero-order chi connectivity index (χ0) is 18.8. The first-order valence-electron chi connectivity index (χ1n) is 9.78. The van der Waals surface area contributed by atoms with Crippen molar-refractivity contribution in [3.05, 3.63) is 23.8 Å². The molecule has 26 heavy (non-hydrogen) atoms. The summed E-state index contributed by atoms with van der Waals surface area (Å²) in [6.07, 6.45) is 8.88. The number of hydrogen-bond donors (Lipinski definition) is 1. The number of carbonyl (C=O) groups excluding carboxylic acids is 2. The molecule has 0 amide bonds. The Balaban J connectivity index is 1.73. The Morgan fingerprint density at radius 2 is 2.08 bits per heavy atom. The van der Waals surface area contributed by atoms with Gasteiger partial charge in [-0.3, -0.25) is 9.59 Å². The molecule has 0 radical (unpaired) electrons. The van der Waals surface area contributed by atoms with Crippen LogP contribution in [0, 0.1) is 23.7 Å². The van der Waals surface area contributed by atoms with Crippen molar-refractivity contribution in [3.8, 4) is 0 Å². The summed E-state index contributed by atoms with van der Waals surface area (Å²) >= 11 is 0. The average Bonchev–Trinajstić information content (AvgIpc) is 2.52. The number of allylic oxidation sites excluding steroid dienone is 3. The molecule has 1 saturated heterocycles. The summed E-state index contributed by atoms with van der Waals surface area (Å²) in [5.41, 5.74) is 1.26. The van der Waals surface area contributed by atoms with E-state index in [1.807, 2.05) is 0 Å². The van der Waals surface area contributed by atoms with Gasteiger partial charge in [0, 0.05) is 19.3 Å². The van der Waals surface area contributed by atoms with Crippen LogP contribution in [-0.2, 0) is 19.1 Å². The van der Waals surface area contributed by atoms with Gasteiger partial charge in [0.05, 0.1) is 12.5 Å². The van der Waals surface area contributed by atoms with Crippen LogP contribution in [0.5, 0.6) is 0 Å². The summed E-state index contributed by atoms with van der Waals surface area (Å²) in [5, 5.41) is 9.82. The van der Waals surface area contributed by atoms with Gasteiger partial charge >= 0.3 is 11.9 Å². The lowest BCUT2D eigenvalue weighted by Gasteiger charge is -2.43. The van der Waals surface area contributed by atoms with Gasteiger partial charge in [0.15, 0.2) is 0 Å². The number of esters is 2. The number of rotatable bonds is 4. The number of ether oxygens (including phenoxy) is 2. The fourth-order valence-corrected chi connectivity index (χ4v) is 4.85. The van der Waals surface area contributed by atoms with Gasteiger partial charge in [0.2, 0.25) is 0 Å². The number of carbonyl (C=O) groups is 2. The second-order valence-corrected chi connectivity index (χ2v) is 8.22. The maximum absolute atomic E-state index is 11.6. The van der Waals surface area contributed by atoms with Crippen LogP contribution in [0.25, 0.3) is 0 Å². The van der Waals surface area contributed by atoms with Crippen molar-refractivity contribution in [2.24, 2.45) is 23.7 Å². The third-order valence-electron chi connectivity index (χ3n) is 5.97. The van der Waals surface area contributed by atoms with Crippen molar-refractivity contribution in [3.63, 3.8) is 0 Å². The van der Waals surface area contributed by atoms with Crippen LogP contribution in [0.15, 0.2) is 23.8 Å². The van der Waals surface area contributed by atoms with Gasteiger partial charge in [-0.05, 0) is 42.6 Å². The highest BCUT2D eigenvalue weighted by Gasteiger charge is 2.41. The van der Waals surface area contributed by atoms with Crippen LogP contribution in [0.4, 0.5) is 0 Å². The zero-order valence-electron chi connectivity index (χ0n) is 15.9. The number of fused-ring (bicyclic) bond motifs is 1. The Hall–Kier alpha value is -1.62. The highest BCUT2D eigenvalue weighted by molar-refractivity contribution is 5.71. The van der Waals surface area contributed by atoms with Gasteiger partial charge in [-0.15, -0.1) is 0 Å². The van der Waals surface area contributed by atoms with Crippen molar-refractivity contribution in [1.29, 1.82) is 0 Å². The second-order valence-electron chi connectivity index (χ2n) is 8.22. The number of hydrogen-bond acceptors (Lipinski definition) is 5. The Labute approximate surface area is 155 Å². The van der Waals surface area contributed by atoms with Crippen molar-refractivity contribution in [2.75, 3.05) is 0 Å². The van der Waals surface area contributed by atoms with E-state index in [1.165, 1.54) is 12.5 Å². The highest BCUT2D eigenvalue weighted by Crippen LogP contribution is 2.45. The molecule has 1 aliphatic heterocycles. The number of cyclic esters (lactones) is 1. The summed E-state index contributed by atoms with van der Waals surface area (Å²) < 4.78 is 11.1. The van der Waals surface area contributed by atoms with Gasteiger partial charge in [0.1, 0.15) is 12.2 Å². The molecule has 7 unspecified atom stereocenters. The van der Waals surface area contributed by atoms with Crippen molar-refractivity contribution < 1.29 is 24.2 Å². The monoisotopic (exact) mass is 362 g/mol. The summed E-state index contributed by atoms with van der Waals surface area (Å²) in [7, 11) is 0. The molecule has 1 heterocycles. The number of aliphatic hydroxyl groups is 1. The molecule has 3 rings (SSSR count).